The molecule has 2 fully saturated rings. The second-order valence-electron chi connectivity index (χ2n) is 6.09. The van der Waals surface area contributed by atoms with Gasteiger partial charge in [-0.1, -0.05) is 33.6 Å². The number of nitrogens with two attached hydrogens (primary N) is 1. The lowest BCUT2D eigenvalue weighted by Crippen LogP contribution is -2.36. The van der Waals surface area contributed by atoms with E-state index < -0.39 is 11.9 Å². The van der Waals surface area contributed by atoms with Gasteiger partial charge < -0.3 is 11.1 Å². The zero-order valence-electron chi connectivity index (χ0n) is 12.2. The molecule has 1 aromatic rings. The Bertz CT molecular complexity index is 619. The Hall–Kier alpha value is -1.62. The highest BCUT2D eigenvalue weighted by molar-refractivity contribution is 9.10. The van der Waals surface area contributed by atoms with Crippen molar-refractivity contribution in [2.24, 2.45) is 17.6 Å². The van der Waals surface area contributed by atoms with Crippen LogP contribution in [0.4, 0.5) is 0 Å². The highest BCUT2D eigenvalue weighted by Gasteiger charge is 2.36. The zero-order valence-corrected chi connectivity index (χ0v) is 13.8. The fourth-order valence-electron chi connectivity index (χ4n) is 2.74. The van der Waals surface area contributed by atoms with Crippen molar-refractivity contribution in [3.8, 4) is 0 Å². The van der Waals surface area contributed by atoms with Gasteiger partial charge in [-0.15, -0.1) is 0 Å². The van der Waals surface area contributed by atoms with E-state index in [2.05, 4.69) is 21.2 Å². The van der Waals surface area contributed by atoms with Crippen LogP contribution in [0.3, 0.4) is 0 Å². The van der Waals surface area contributed by atoms with Crippen molar-refractivity contribution in [1.29, 1.82) is 0 Å². The molecule has 0 spiro atoms. The molecule has 5 heteroatoms. The van der Waals surface area contributed by atoms with E-state index >= 15 is 0 Å². The smallest absolute Gasteiger partial charge is 0.244 e. The maximum atomic E-state index is 12.3. The minimum absolute atomic E-state index is 0.224. The lowest BCUT2D eigenvalue weighted by molar-refractivity contribution is -0.125. The highest BCUT2D eigenvalue weighted by Crippen LogP contribution is 2.48. The van der Waals surface area contributed by atoms with E-state index in [1.165, 1.54) is 31.3 Å². The predicted molar refractivity (Wildman–Crippen MR) is 87.8 cm³/mol. The van der Waals surface area contributed by atoms with Crippen LogP contribution in [0.15, 0.2) is 40.4 Å². The topological polar surface area (TPSA) is 72.2 Å². The van der Waals surface area contributed by atoms with Crippen LogP contribution in [0, 0.1) is 11.8 Å². The molecule has 1 atom stereocenters. The van der Waals surface area contributed by atoms with Gasteiger partial charge in [0.25, 0.3) is 0 Å². The lowest BCUT2D eigenvalue weighted by Gasteiger charge is -2.15. The van der Waals surface area contributed by atoms with Crippen LogP contribution in [0.2, 0.25) is 0 Å². The molecule has 0 bridgehead atoms. The van der Waals surface area contributed by atoms with Crippen LogP contribution < -0.4 is 11.1 Å². The van der Waals surface area contributed by atoms with E-state index in [9.17, 15) is 9.59 Å². The lowest BCUT2D eigenvalue weighted by atomic mass is 10.0. The van der Waals surface area contributed by atoms with E-state index in [0.717, 1.165) is 4.47 Å². The van der Waals surface area contributed by atoms with Gasteiger partial charge in [-0.3, -0.25) is 9.59 Å². The van der Waals surface area contributed by atoms with Crippen molar-refractivity contribution >= 4 is 27.7 Å². The van der Waals surface area contributed by atoms with E-state index in [1.54, 1.807) is 18.2 Å². The van der Waals surface area contributed by atoms with Crippen molar-refractivity contribution in [2.45, 2.75) is 31.7 Å². The third kappa shape index (κ3) is 3.77. The summed E-state index contributed by atoms with van der Waals surface area (Å²) in [6, 6.07) is 6.45. The molecular formula is C17H19BrN2O2. The summed E-state index contributed by atoms with van der Waals surface area (Å²) in [5.74, 6) is 0.379. The number of amides is 2. The minimum atomic E-state index is -0.805. The highest BCUT2D eigenvalue weighted by atomic mass is 79.9. The molecule has 2 aliphatic rings. The first-order chi connectivity index (χ1) is 10.5. The third-order valence-electron chi connectivity index (χ3n) is 4.15. The van der Waals surface area contributed by atoms with Gasteiger partial charge in [0.2, 0.25) is 11.8 Å². The summed E-state index contributed by atoms with van der Waals surface area (Å²) in [6.45, 7) is 0. The maximum Gasteiger partial charge on any atom is 0.244 e. The first-order valence-corrected chi connectivity index (χ1v) is 8.40. The summed E-state index contributed by atoms with van der Waals surface area (Å²) in [6.07, 6.45) is 6.42. The van der Waals surface area contributed by atoms with Crippen LogP contribution in [0.5, 0.6) is 0 Å². The summed E-state index contributed by atoms with van der Waals surface area (Å²) in [5.41, 5.74) is 7.40. The molecule has 2 saturated carbocycles. The molecule has 0 aliphatic heterocycles. The predicted octanol–water partition coefficient (Wildman–Crippen LogP) is 2.84. The van der Waals surface area contributed by atoms with Gasteiger partial charge in [-0.25, -0.2) is 0 Å². The number of primary amides is 1. The Kier molecular flexibility index (Phi) is 4.34. The summed E-state index contributed by atoms with van der Waals surface area (Å²) in [5, 5.41) is 2.75. The number of carbonyl (C=O) groups excluding carboxylic acids is 2. The van der Waals surface area contributed by atoms with Gasteiger partial charge in [0.15, 0.2) is 0 Å². The molecule has 1 aromatic carbocycles. The molecule has 0 heterocycles. The number of allylic oxidation sites excluding steroid dienone is 1. The Balaban J connectivity index is 1.74. The molecular weight excluding hydrogens is 344 g/mol. The van der Waals surface area contributed by atoms with Crippen molar-refractivity contribution in [3.05, 3.63) is 46.0 Å². The number of hydrogen-bond donors (Lipinski definition) is 2. The SMILES string of the molecule is NC(=O)C(NC(=O)C=C(C1CC1)C1CC1)c1cccc(Br)c1. The van der Waals surface area contributed by atoms with Crippen LogP contribution in [-0.2, 0) is 9.59 Å². The number of nitrogens with one attached hydrogen (secondary N) is 1. The molecule has 0 aromatic heterocycles. The third-order valence-corrected chi connectivity index (χ3v) is 4.64. The standard InChI is InChI=1S/C17H19BrN2O2/c18-13-3-1-2-12(8-13)16(17(19)22)20-15(21)9-14(10-4-5-10)11-6-7-11/h1-3,8-11,16H,4-7H2,(H2,19,22)(H,20,21). The summed E-state index contributed by atoms with van der Waals surface area (Å²) >= 11 is 3.36. The number of carbonyl (C=O) groups is 2. The fraction of sp³-hybridized carbons (Fsp3) is 0.412. The molecule has 0 saturated heterocycles. The van der Waals surface area contributed by atoms with Gasteiger partial charge in [0.05, 0.1) is 0 Å². The number of hydrogen-bond acceptors (Lipinski definition) is 2. The molecule has 4 nitrogen and oxygen atoms in total. The molecule has 2 amide bonds. The minimum Gasteiger partial charge on any atom is -0.368 e. The molecule has 0 radical (unpaired) electrons. The number of benzene rings is 1. The average Bonchev–Trinajstić information content (AvgIpc) is 3.36. The zero-order chi connectivity index (χ0) is 15.7. The Morgan fingerprint density at radius 1 is 1.23 bits per heavy atom. The van der Waals surface area contributed by atoms with Crippen molar-refractivity contribution < 1.29 is 9.59 Å². The van der Waals surface area contributed by atoms with Gasteiger partial charge in [0, 0.05) is 10.5 Å². The first-order valence-electron chi connectivity index (χ1n) is 7.61. The van der Waals surface area contributed by atoms with Crippen LogP contribution in [0.1, 0.15) is 37.3 Å². The van der Waals surface area contributed by atoms with Crippen molar-refractivity contribution in [1.82, 2.24) is 5.32 Å². The van der Waals surface area contributed by atoms with E-state index in [1.807, 2.05) is 12.1 Å². The number of rotatable bonds is 6. The van der Waals surface area contributed by atoms with E-state index in [4.69, 9.17) is 5.73 Å². The van der Waals surface area contributed by atoms with Gasteiger partial charge in [0.1, 0.15) is 6.04 Å². The van der Waals surface area contributed by atoms with E-state index in [-0.39, 0.29) is 5.91 Å². The maximum absolute atomic E-state index is 12.3. The second kappa shape index (κ2) is 6.24. The van der Waals surface area contributed by atoms with Crippen molar-refractivity contribution in [2.75, 3.05) is 0 Å². The van der Waals surface area contributed by atoms with Gasteiger partial charge >= 0.3 is 0 Å². The largest absolute Gasteiger partial charge is 0.368 e. The molecule has 116 valence electrons. The fourth-order valence-corrected chi connectivity index (χ4v) is 3.16. The molecule has 2 aliphatic carbocycles. The molecule has 1 unspecified atom stereocenters. The number of halogens is 1. The van der Waals surface area contributed by atoms with Gasteiger partial charge in [-0.2, -0.15) is 0 Å². The second-order valence-corrected chi connectivity index (χ2v) is 7.01. The van der Waals surface area contributed by atoms with Crippen LogP contribution in [-0.4, -0.2) is 11.8 Å². The van der Waals surface area contributed by atoms with E-state index in [0.29, 0.717) is 17.4 Å². The summed E-state index contributed by atoms with van der Waals surface area (Å²) in [7, 11) is 0. The molecule has 3 N–H and O–H groups in total. The Morgan fingerprint density at radius 2 is 1.86 bits per heavy atom. The normalized spacial score (nSPS) is 18.4. The average molecular weight is 363 g/mol. The van der Waals surface area contributed by atoms with Crippen LogP contribution >= 0.6 is 15.9 Å². The van der Waals surface area contributed by atoms with Crippen molar-refractivity contribution in [3.63, 3.8) is 0 Å². The molecule has 3 rings (SSSR count). The monoisotopic (exact) mass is 362 g/mol. The Labute approximate surface area is 138 Å². The van der Waals surface area contributed by atoms with Gasteiger partial charge in [-0.05, 0) is 55.2 Å². The molecule has 22 heavy (non-hydrogen) atoms. The summed E-state index contributed by atoms with van der Waals surface area (Å²) < 4.78 is 0.845. The quantitative estimate of drug-likeness (QED) is 0.763. The first kappa shape index (κ1) is 15.3. The summed E-state index contributed by atoms with van der Waals surface area (Å²) in [4.78, 5) is 24.0. The van der Waals surface area contributed by atoms with Crippen LogP contribution in [0.25, 0.3) is 0 Å². The Morgan fingerprint density at radius 3 is 2.36 bits per heavy atom.